The second-order valence-corrected chi connectivity index (χ2v) is 7.07. The minimum atomic E-state index is -0.523. The first kappa shape index (κ1) is 16.9. The zero-order chi connectivity index (χ0) is 17.3. The van der Waals surface area contributed by atoms with E-state index in [1.165, 1.54) is 25.4 Å². The van der Waals surface area contributed by atoms with Gasteiger partial charge < -0.3 is 19.4 Å². The Morgan fingerprint density at radius 1 is 1.38 bits per heavy atom. The molecule has 1 aromatic heterocycles. The highest BCUT2D eigenvalue weighted by atomic mass is 32.1. The molecule has 0 aliphatic carbocycles. The zero-order valence-electron chi connectivity index (χ0n) is 13.9. The summed E-state index contributed by atoms with van der Waals surface area (Å²) in [5.41, 5.74) is 0.333. The highest BCUT2D eigenvalue weighted by Gasteiger charge is 2.51. The van der Waals surface area contributed by atoms with Crippen LogP contribution in [0.15, 0.2) is 16.8 Å². The van der Waals surface area contributed by atoms with Gasteiger partial charge in [0.05, 0.1) is 17.8 Å². The second kappa shape index (κ2) is 6.52. The number of ether oxygens (including phenoxy) is 1. The molecular weight excluding hydrogens is 330 g/mol. The molecule has 1 unspecified atom stereocenters. The first-order valence-electron chi connectivity index (χ1n) is 7.84. The molecule has 0 bridgehead atoms. The maximum Gasteiger partial charge on any atom is 0.248 e. The van der Waals surface area contributed by atoms with E-state index in [0.717, 1.165) is 5.69 Å². The van der Waals surface area contributed by atoms with Crippen molar-refractivity contribution in [1.29, 1.82) is 0 Å². The number of anilines is 1. The molecule has 0 radical (unpaired) electrons. The molecule has 0 N–H and O–H groups in total. The summed E-state index contributed by atoms with van der Waals surface area (Å²) < 4.78 is 4.93. The lowest BCUT2D eigenvalue weighted by atomic mass is 9.92. The molecule has 3 heterocycles. The summed E-state index contributed by atoms with van der Waals surface area (Å²) in [6, 6.07) is 1.91. The van der Waals surface area contributed by atoms with E-state index in [2.05, 4.69) is 0 Å². The molecule has 1 spiro atoms. The number of amides is 3. The van der Waals surface area contributed by atoms with E-state index in [4.69, 9.17) is 4.74 Å². The van der Waals surface area contributed by atoms with Crippen LogP contribution < -0.4 is 4.90 Å². The van der Waals surface area contributed by atoms with E-state index < -0.39 is 5.54 Å². The summed E-state index contributed by atoms with van der Waals surface area (Å²) in [6.07, 6.45) is 0.663. The molecule has 3 amide bonds. The molecule has 3 rings (SSSR count). The highest BCUT2D eigenvalue weighted by molar-refractivity contribution is 7.08. The molecule has 2 fully saturated rings. The van der Waals surface area contributed by atoms with Gasteiger partial charge >= 0.3 is 0 Å². The molecule has 8 heteroatoms. The summed E-state index contributed by atoms with van der Waals surface area (Å²) in [6.45, 7) is 2.98. The van der Waals surface area contributed by atoms with Crippen LogP contribution in [0.5, 0.6) is 0 Å². The predicted molar refractivity (Wildman–Crippen MR) is 89.9 cm³/mol. The zero-order valence-corrected chi connectivity index (χ0v) is 14.7. The van der Waals surface area contributed by atoms with E-state index in [0.29, 0.717) is 26.1 Å². The third kappa shape index (κ3) is 2.91. The summed E-state index contributed by atoms with van der Waals surface area (Å²) >= 11 is 1.53. The van der Waals surface area contributed by atoms with Crippen molar-refractivity contribution in [2.75, 3.05) is 44.8 Å². The van der Waals surface area contributed by atoms with Gasteiger partial charge in [-0.1, -0.05) is 0 Å². The maximum atomic E-state index is 12.5. The number of carbonyl (C=O) groups excluding carboxylic acids is 3. The molecule has 130 valence electrons. The van der Waals surface area contributed by atoms with Gasteiger partial charge in [0.25, 0.3) is 0 Å². The van der Waals surface area contributed by atoms with E-state index >= 15 is 0 Å². The van der Waals surface area contributed by atoms with Crippen molar-refractivity contribution in [3.05, 3.63) is 16.8 Å². The van der Waals surface area contributed by atoms with Crippen molar-refractivity contribution in [3.8, 4) is 0 Å². The quantitative estimate of drug-likeness (QED) is 0.798. The number of hydrogen-bond acceptors (Lipinski definition) is 5. The van der Waals surface area contributed by atoms with Crippen LogP contribution in [0.2, 0.25) is 0 Å². The molecule has 2 saturated heterocycles. The topological polar surface area (TPSA) is 70.2 Å². The predicted octanol–water partition coefficient (Wildman–Crippen LogP) is 0.561. The fourth-order valence-corrected chi connectivity index (χ4v) is 4.22. The number of rotatable bonds is 3. The molecular formula is C16H21N3O4S. The van der Waals surface area contributed by atoms with Crippen LogP contribution in [-0.2, 0) is 19.1 Å². The second-order valence-electron chi connectivity index (χ2n) is 6.29. The Kier molecular flexibility index (Phi) is 4.60. The summed E-state index contributed by atoms with van der Waals surface area (Å²) in [5.74, 6) is -0.304. The number of carbonyl (C=O) groups is 3. The van der Waals surface area contributed by atoms with Gasteiger partial charge in [-0.2, -0.15) is 11.3 Å². The van der Waals surface area contributed by atoms with Crippen LogP contribution >= 0.6 is 11.3 Å². The smallest absolute Gasteiger partial charge is 0.248 e. The largest absolute Gasteiger partial charge is 0.375 e. The number of thiophene rings is 1. The Labute approximate surface area is 144 Å². The van der Waals surface area contributed by atoms with E-state index in [-0.39, 0.29) is 30.9 Å². The van der Waals surface area contributed by atoms with Crippen molar-refractivity contribution in [3.63, 3.8) is 0 Å². The van der Waals surface area contributed by atoms with Crippen molar-refractivity contribution >= 4 is 34.7 Å². The SMILES string of the molecule is COCC(=O)N1CCC2(C1)CN(c1ccsc1)C(=O)CN2C(C)=O. The molecule has 2 aliphatic heterocycles. The number of piperazine rings is 1. The standard InChI is InChI=1S/C16H21N3O4S/c1-12(20)19-7-14(21)18(13-3-6-24-9-13)11-16(19)4-5-17(10-16)15(22)8-23-2/h3,6,9H,4-5,7-8,10-11H2,1-2H3. The first-order valence-corrected chi connectivity index (χ1v) is 8.78. The van der Waals surface area contributed by atoms with Gasteiger partial charge in [0.1, 0.15) is 13.2 Å². The fraction of sp³-hybridized carbons (Fsp3) is 0.562. The van der Waals surface area contributed by atoms with Crippen LogP contribution in [0.4, 0.5) is 5.69 Å². The summed E-state index contributed by atoms with van der Waals surface area (Å²) in [5, 5.41) is 3.85. The van der Waals surface area contributed by atoms with E-state index in [9.17, 15) is 14.4 Å². The Morgan fingerprint density at radius 3 is 2.79 bits per heavy atom. The van der Waals surface area contributed by atoms with Crippen molar-refractivity contribution < 1.29 is 19.1 Å². The molecule has 2 aliphatic rings. The number of likely N-dealkylation sites (tertiary alicyclic amines) is 1. The molecule has 0 saturated carbocycles. The van der Waals surface area contributed by atoms with Gasteiger partial charge in [0, 0.05) is 32.5 Å². The maximum absolute atomic E-state index is 12.5. The number of hydrogen-bond donors (Lipinski definition) is 0. The lowest BCUT2D eigenvalue weighted by Crippen LogP contribution is -2.67. The van der Waals surface area contributed by atoms with Crippen LogP contribution in [0.3, 0.4) is 0 Å². The van der Waals surface area contributed by atoms with E-state index in [1.54, 1.807) is 14.7 Å². The number of nitrogens with zero attached hydrogens (tertiary/aromatic N) is 3. The van der Waals surface area contributed by atoms with Crippen LogP contribution in [0.25, 0.3) is 0 Å². The minimum Gasteiger partial charge on any atom is -0.375 e. The lowest BCUT2D eigenvalue weighted by Gasteiger charge is -2.47. The van der Waals surface area contributed by atoms with Gasteiger partial charge in [-0.05, 0) is 17.9 Å². The Balaban J connectivity index is 1.86. The van der Waals surface area contributed by atoms with Crippen LogP contribution in [0, 0.1) is 0 Å². The van der Waals surface area contributed by atoms with Crippen molar-refractivity contribution in [2.24, 2.45) is 0 Å². The minimum absolute atomic E-state index is 0.0311. The fourth-order valence-electron chi connectivity index (χ4n) is 3.58. The van der Waals surface area contributed by atoms with Crippen molar-refractivity contribution in [1.82, 2.24) is 9.80 Å². The van der Waals surface area contributed by atoms with Gasteiger partial charge in [-0.3, -0.25) is 14.4 Å². The Morgan fingerprint density at radius 2 is 2.17 bits per heavy atom. The number of methoxy groups -OCH3 is 1. The molecule has 1 aromatic rings. The third-order valence-corrected chi connectivity index (χ3v) is 5.44. The third-order valence-electron chi connectivity index (χ3n) is 4.77. The van der Waals surface area contributed by atoms with E-state index in [1.807, 2.05) is 16.8 Å². The monoisotopic (exact) mass is 351 g/mol. The molecule has 1 atom stereocenters. The molecule has 7 nitrogen and oxygen atoms in total. The Hall–Kier alpha value is -1.93. The van der Waals surface area contributed by atoms with Crippen LogP contribution in [0.1, 0.15) is 13.3 Å². The average molecular weight is 351 g/mol. The van der Waals surface area contributed by atoms with Gasteiger partial charge in [-0.15, -0.1) is 0 Å². The van der Waals surface area contributed by atoms with Crippen molar-refractivity contribution in [2.45, 2.75) is 18.9 Å². The normalized spacial score (nSPS) is 24.1. The first-order chi connectivity index (χ1) is 11.5. The Bertz CT molecular complexity index is 648. The van der Waals surface area contributed by atoms with Gasteiger partial charge in [0.2, 0.25) is 17.7 Å². The highest BCUT2D eigenvalue weighted by Crippen LogP contribution is 2.35. The summed E-state index contributed by atoms with van der Waals surface area (Å²) in [4.78, 5) is 41.9. The summed E-state index contributed by atoms with van der Waals surface area (Å²) in [7, 11) is 1.49. The van der Waals surface area contributed by atoms with Gasteiger partial charge in [0.15, 0.2) is 0 Å². The molecule has 0 aromatic carbocycles. The molecule has 24 heavy (non-hydrogen) atoms. The lowest BCUT2D eigenvalue weighted by molar-refractivity contribution is -0.143. The average Bonchev–Trinajstić information content (AvgIpc) is 3.20. The van der Waals surface area contributed by atoms with Gasteiger partial charge in [-0.25, -0.2) is 0 Å². The van der Waals surface area contributed by atoms with Crippen LogP contribution in [-0.4, -0.2) is 73.0 Å².